The van der Waals surface area contributed by atoms with Crippen LogP contribution in [0.4, 0.5) is 10.5 Å². The lowest BCUT2D eigenvalue weighted by atomic mass is 10.3. The van der Waals surface area contributed by atoms with Crippen LogP contribution in [0.3, 0.4) is 0 Å². The first-order chi connectivity index (χ1) is 12.9. The number of amides is 1. The largest absolute Gasteiger partial charge is 0.474 e. The van der Waals surface area contributed by atoms with E-state index in [9.17, 15) is 19.7 Å². The summed E-state index contributed by atoms with van der Waals surface area (Å²) in [7, 11) is 0. The minimum absolute atomic E-state index is 0.0442. The molecule has 0 aromatic heterocycles. The number of esters is 1. The summed E-state index contributed by atoms with van der Waals surface area (Å²) in [5.74, 6) is -0.899. The van der Waals surface area contributed by atoms with E-state index in [1.54, 1.807) is 30.3 Å². The van der Waals surface area contributed by atoms with Gasteiger partial charge in [-0.15, -0.1) is 0 Å². The smallest absolute Gasteiger partial charge is 0.415 e. The van der Waals surface area contributed by atoms with E-state index in [0.29, 0.717) is 5.75 Å². The minimum Gasteiger partial charge on any atom is -0.474 e. The topological polar surface area (TPSA) is 117 Å². The Morgan fingerprint density at radius 1 is 1.15 bits per heavy atom. The molecule has 2 aromatic carbocycles. The number of carbonyl (C=O) groups excluding carboxylic acids is 2. The van der Waals surface area contributed by atoms with Crippen molar-refractivity contribution in [2.24, 2.45) is 0 Å². The third-order valence-electron chi connectivity index (χ3n) is 2.92. The lowest BCUT2D eigenvalue weighted by molar-refractivity contribution is -0.385. The van der Waals surface area contributed by atoms with Gasteiger partial charge in [0.1, 0.15) is 5.75 Å². The SMILES string of the molecule is O=C(COc1c(Cl)cc(Cl)cc1[N+](=O)[O-])OCNC(=O)Oc1ccccc1. The Balaban J connectivity index is 1.80. The number of nitro groups is 1. The number of carbonyl (C=O) groups is 2. The first kappa shape index (κ1) is 20.3. The molecule has 0 radical (unpaired) electrons. The van der Waals surface area contributed by atoms with Crippen LogP contribution in [-0.2, 0) is 9.53 Å². The fraction of sp³-hybridized carbons (Fsp3) is 0.125. The Labute approximate surface area is 162 Å². The summed E-state index contributed by atoms with van der Waals surface area (Å²) in [6, 6.07) is 10.5. The zero-order valence-electron chi connectivity index (χ0n) is 13.5. The number of para-hydroxylation sites is 1. The standard InChI is InChI=1S/C16H12Cl2N2O7/c17-10-6-12(18)15(13(7-10)20(23)24)25-8-14(21)26-9-19-16(22)27-11-4-2-1-3-5-11/h1-7H,8-9H2,(H,19,22). The van der Waals surface area contributed by atoms with Gasteiger partial charge in [0.2, 0.25) is 5.75 Å². The van der Waals surface area contributed by atoms with Gasteiger partial charge in [-0.05, 0) is 18.2 Å². The van der Waals surface area contributed by atoms with Gasteiger partial charge in [0.05, 0.1) is 9.95 Å². The van der Waals surface area contributed by atoms with Crippen LogP contribution >= 0.6 is 23.2 Å². The second-order valence-electron chi connectivity index (χ2n) is 4.82. The Hall–Kier alpha value is -3.04. The van der Waals surface area contributed by atoms with Gasteiger partial charge in [-0.25, -0.2) is 9.59 Å². The van der Waals surface area contributed by atoms with Crippen LogP contribution in [0.1, 0.15) is 0 Å². The van der Waals surface area contributed by atoms with Gasteiger partial charge in [-0.2, -0.15) is 0 Å². The maximum atomic E-state index is 11.6. The molecule has 0 heterocycles. The van der Waals surface area contributed by atoms with E-state index in [-0.39, 0.29) is 15.8 Å². The number of nitrogens with one attached hydrogen (secondary N) is 1. The molecule has 0 aliphatic rings. The molecule has 0 fully saturated rings. The van der Waals surface area contributed by atoms with Crippen molar-refractivity contribution in [2.45, 2.75) is 0 Å². The highest BCUT2D eigenvalue weighted by Gasteiger charge is 2.21. The Morgan fingerprint density at radius 3 is 2.52 bits per heavy atom. The summed E-state index contributed by atoms with van der Waals surface area (Å²) in [4.78, 5) is 33.4. The predicted molar refractivity (Wildman–Crippen MR) is 95.2 cm³/mol. The van der Waals surface area contributed by atoms with E-state index in [1.165, 1.54) is 6.07 Å². The number of nitro benzene ring substituents is 1. The quantitative estimate of drug-likeness (QED) is 0.318. The highest BCUT2D eigenvalue weighted by molar-refractivity contribution is 6.36. The van der Waals surface area contributed by atoms with Gasteiger partial charge in [-0.1, -0.05) is 41.4 Å². The molecule has 0 saturated carbocycles. The number of rotatable bonds is 7. The lowest BCUT2D eigenvalue weighted by Crippen LogP contribution is -2.31. The van der Waals surface area contributed by atoms with E-state index in [0.717, 1.165) is 6.07 Å². The first-order valence-corrected chi connectivity index (χ1v) is 8.05. The fourth-order valence-electron chi connectivity index (χ4n) is 1.81. The number of hydrogen-bond acceptors (Lipinski definition) is 7. The summed E-state index contributed by atoms with van der Waals surface area (Å²) in [6.45, 7) is -1.15. The zero-order chi connectivity index (χ0) is 19.8. The van der Waals surface area contributed by atoms with Gasteiger partial charge in [-0.3, -0.25) is 15.4 Å². The van der Waals surface area contributed by atoms with Gasteiger partial charge in [0.15, 0.2) is 13.3 Å². The molecular weight excluding hydrogens is 403 g/mol. The maximum Gasteiger partial charge on any atom is 0.415 e. The number of benzene rings is 2. The molecular formula is C16H12Cl2N2O7. The van der Waals surface area contributed by atoms with Crippen molar-refractivity contribution >= 4 is 41.0 Å². The predicted octanol–water partition coefficient (Wildman–Crippen LogP) is 3.57. The summed E-state index contributed by atoms with van der Waals surface area (Å²) < 4.78 is 14.7. The molecule has 1 amide bonds. The summed E-state index contributed by atoms with van der Waals surface area (Å²) in [5, 5.41) is 13.1. The van der Waals surface area contributed by atoms with E-state index in [1.807, 2.05) is 0 Å². The van der Waals surface area contributed by atoms with Crippen molar-refractivity contribution in [1.29, 1.82) is 0 Å². The van der Waals surface area contributed by atoms with Gasteiger partial charge >= 0.3 is 17.7 Å². The second kappa shape index (κ2) is 9.60. The van der Waals surface area contributed by atoms with E-state index >= 15 is 0 Å². The average Bonchev–Trinajstić information content (AvgIpc) is 2.61. The molecule has 142 valence electrons. The van der Waals surface area contributed by atoms with Gasteiger partial charge in [0, 0.05) is 11.1 Å². The highest BCUT2D eigenvalue weighted by Crippen LogP contribution is 2.37. The monoisotopic (exact) mass is 414 g/mol. The molecule has 9 nitrogen and oxygen atoms in total. The molecule has 0 unspecified atom stereocenters. The number of nitrogens with zero attached hydrogens (tertiary/aromatic N) is 1. The molecule has 2 rings (SSSR count). The fourth-order valence-corrected chi connectivity index (χ4v) is 2.34. The van der Waals surface area contributed by atoms with E-state index < -0.39 is 36.0 Å². The molecule has 11 heteroatoms. The van der Waals surface area contributed by atoms with Gasteiger partial charge in [0.25, 0.3) is 0 Å². The Morgan fingerprint density at radius 2 is 1.85 bits per heavy atom. The Bertz CT molecular complexity index is 846. The molecule has 0 spiro atoms. The molecule has 27 heavy (non-hydrogen) atoms. The van der Waals surface area contributed by atoms with Crippen molar-refractivity contribution in [3.8, 4) is 11.5 Å². The van der Waals surface area contributed by atoms with Crippen molar-refractivity contribution in [3.63, 3.8) is 0 Å². The van der Waals surface area contributed by atoms with Crippen LogP contribution < -0.4 is 14.8 Å². The molecule has 0 saturated heterocycles. The number of halogens is 2. The van der Waals surface area contributed by atoms with Crippen LogP contribution in [0, 0.1) is 10.1 Å². The van der Waals surface area contributed by atoms with Crippen molar-refractivity contribution in [2.75, 3.05) is 13.3 Å². The normalized spacial score (nSPS) is 10.0. The van der Waals surface area contributed by atoms with E-state index in [4.69, 9.17) is 37.4 Å². The highest BCUT2D eigenvalue weighted by atomic mass is 35.5. The second-order valence-corrected chi connectivity index (χ2v) is 5.67. The molecule has 2 aromatic rings. The van der Waals surface area contributed by atoms with Gasteiger partial charge < -0.3 is 14.2 Å². The van der Waals surface area contributed by atoms with Crippen LogP contribution in [0.2, 0.25) is 10.0 Å². The average molecular weight is 415 g/mol. The van der Waals surface area contributed by atoms with E-state index in [2.05, 4.69) is 5.32 Å². The molecule has 1 N–H and O–H groups in total. The summed E-state index contributed by atoms with van der Waals surface area (Å²) in [6.07, 6.45) is -0.827. The summed E-state index contributed by atoms with van der Waals surface area (Å²) in [5.41, 5.74) is -0.495. The molecule has 0 bridgehead atoms. The maximum absolute atomic E-state index is 11.6. The molecule has 0 atom stereocenters. The third-order valence-corrected chi connectivity index (χ3v) is 3.42. The minimum atomic E-state index is -0.893. The third kappa shape index (κ3) is 6.32. The van der Waals surface area contributed by atoms with Crippen molar-refractivity contribution < 1.29 is 28.7 Å². The number of hydrogen-bond donors (Lipinski definition) is 1. The molecule has 0 aliphatic carbocycles. The van der Waals surface area contributed by atoms with Crippen LogP contribution in [-0.4, -0.2) is 30.3 Å². The van der Waals surface area contributed by atoms with Crippen LogP contribution in [0.25, 0.3) is 0 Å². The summed E-state index contributed by atoms with van der Waals surface area (Å²) >= 11 is 11.5. The van der Waals surface area contributed by atoms with Crippen LogP contribution in [0.5, 0.6) is 11.5 Å². The molecule has 0 aliphatic heterocycles. The first-order valence-electron chi connectivity index (χ1n) is 7.29. The van der Waals surface area contributed by atoms with Crippen LogP contribution in [0.15, 0.2) is 42.5 Å². The van der Waals surface area contributed by atoms with Crippen molar-refractivity contribution in [1.82, 2.24) is 5.32 Å². The lowest BCUT2D eigenvalue weighted by Gasteiger charge is -2.10. The number of ether oxygens (including phenoxy) is 3. The Kier molecular flexibility index (Phi) is 7.21. The van der Waals surface area contributed by atoms with Crippen molar-refractivity contribution in [3.05, 3.63) is 62.6 Å². The zero-order valence-corrected chi connectivity index (χ0v) is 15.0.